The number of Topliss-reactive ketones (excluding diaryl/α,β-unsaturated/α-hetero) is 2. The maximum Gasteiger partial charge on any atom is 0.159 e. The van der Waals surface area contributed by atoms with E-state index in [0.29, 0.717) is 18.8 Å². The first-order valence-corrected chi connectivity index (χ1v) is 11.5. The standard InChI is InChI=1S/C14H19ClOS.C10H12O2/c1-11(16)7-10-14(8-3-2-4-9-14)12-5-6-13(15)17-12;1-3-12-10-6-4-9(5-7-10)8(2)11/h5-6H,2-4,7-10H2,1H3;4-7H,3H2,1-2H3. The highest BCUT2D eigenvalue weighted by molar-refractivity contribution is 7.16. The van der Waals surface area contributed by atoms with Crippen molar-refractivity contribution in [2.45, 2.75) is 71.1 Å². The highest BCUT2D eigenvalue weighted by Crippen LogP contribution is 2.46. The van der Waals surface area contributed by atoms with E-state index in [4.69, 9.17) is 16.3 Å². The molecule has 1 saturated carbocycles. The fourth-order valence-corrected chi connectivity index (χ4v) is 5.13. The topological polar surface area (TPSA) is 43.4 Å². The minimum atomic E-state index is 0.0815. The van der Waals surface area contributed by atoms with Gasteiger partial charge < -0.3 is 9.53 Å². The molecule has 1 aliphatic carbocycles. The van der Waals surface area contributed by atoms with E-state index in [9.17, 15) is 9.59 Å². The van der Waals surface area contributed by atoms with E-state index in [1.54, 1.807) is 49.4 Å². The van der Waals surface area contributed by atoms with E-state index in [2.05, 4.69) is 6.07 Å². The lowest BCUT2D eigenvalue weighted by Gasteiger charge is -2.36. The van der Waals surface area contributed by atoms with Crippen molar-refractivity contribution in [1.29, 1.82) is 0 Å². The molecule has 0 unspecified atom stereocenters. The summed E-state index contributed by atoms with van der Waals surface area (Å²) >= 11 is 7.75. The number of rotatable bonds is 7. The van der Waals surface area contributed by atoms with Crippen molar-refractivity contribution in [2.24, 2.45) is 0 Å². The van der Waals surface area contributed by atoms with Gasteiger partial charge in [-0.25, -0.2) is 0 Å². The van der Waals surface area contributed by atoms with Crippen molar-refractivity contribution in [1.82, 2.24) is 0 Å². The van der Waals surface area contributed by atoms with Gasteiger partial charge in [-0.1, -0.05) is 30.9 Å². The van der Waals surface area contributed by atoms with Crippen LogP contribution in [0.2, 0.25) is 4.34 Å². The number of halogens is 1. The summed E-state index contributed by atoms with van der Waals surface area (Å²) in [5, 5.41) is 0. The molecule has 1 aromatic heterocycles. The number of benzene rings is 1. The van der Waals surface area contributed by atoms with E-state index in [0.717, 1.165) is 22.1 Å². The molecule has 0 bridgehead atoms. The van der Waals surface area contributed by atoms with Crippen LogP contribution in [0.5, 0.6) is 5.75 Å². The van der Waals surface area contributed by atoms with Crippen LogP contribution in [0, 0.1) is 0 Å². The Morgan fingerprint density at radius 1 is 1.03 bits per heavy atom. The van der Waals surface area contributed by atoms with Gasteiger partial charge in [0.1, 0.15) is 11.5 Å². The quantitative estimate of drug-likeness (QED) is 0.430. The Kier molecular flexibility index (Phi) is 9.38. The predicted molar refractivity (Wildman–Crippen MR) is 122 cm³/mol. The molecule has 5 heteroatoms. The molecule has 3 nitrogen and oxygen atoms in total. The number of thiophene rings is 1. The second-order valence-electron chi connectivity index (χ2n) is 7.66. The summed E-state index contributed by atoms with van der Waals surface area (Å²) in [6.45, 7) is 5.83. The van der Waals surface area contributed by atoms with Gasteiger partial charge in [0.15, 0.2) is 5.78 Å². The van der Waals surface area contributed by atoms with Crippen LogP contribution in [-0.2, 0) is 10.2 Å². The van der Waals surface area contributed by atoms with Crippen LogP contribution in [0.1, 0.15) is 81.0 Å². The third-order valence-electron chi connectivity index (χ3n) is 5.43. The number of hydrogen-bond donors (Lipinski definition) is 0. The molecular formula is C24H31ClO3S. The van der Waals surface area contributed by atoms with Crippen LogP contribution in [-0.4, -0.2) is 18.2 Å². The molecule has 1 aliphatic rings. The van der Waals surface area contributed by atoms with Crippen molar-refractivity contribution in [3.63, 3.8) is 0 Å². The first-order chi connectivity index (χ1) is 13.9. The van der Waals surface area contributed by atoms with Crippen molar-refractivity contribution in [3.05, 3.63) is 51.2 Å². The minimum absolute atomic E-state index is 0.0815. The fourth-order valence-electron chi connectivity index (χ4n) is 3.82. The average Bonchev–Trinajstić information content (AvgIpc) is 3.15. The molecule has 0 radical (unpaired) electrons. The van der Waals surface area contributed by atoms with E-state index >= 15 is 0 Å². The number of carbonyl (C=O) groups is 2. The van der Waals surface area contributed by atoms with Crippen LogP contribution in [0.4, 0.5) is 0 Å². The lowest BCUT2D eigenvalue weighted by atomic mass is 9.70. The fraction of sp³-hybridized carbons (Fsp3) is 0.500. The molecule has 0 N–H and O–H groups in total. The van der Waals surface area contributed by atoms with Gasteiger partial charge in [0.25, 0.3) is 0 Å². The van der Waals surface area contributed by atoms with Crippen molar-refractivity contribution in [2.75, 3.05) is 6.61 Å². The molecule has 29 heavy (non-hydrogen) atoms. The van der Waals surface area contributed by atoms with Crippen LogP contribution in [0.25, 0.3) is 0 Å². The Balaban J connectivity index is 0.000000221. The lowest BCUT2D eigenvalue weighted by molar-refractivity contribution is -0.117. The van der Waals surface area contributed by atoms with Gasteiger partial charge >= 0.3 is 0 Å². The average molecular weight is 435 g/mol. The molecule has 1 aromatic carbocycles. The normalized spacial score (nSPS) is 15.2. The van der Waals surface area contributed by atoms with E-state index in [-0.39, 0.29) is 11.2 Å². The summed E-state index contributed by atoms with van der Waals surface area (Å²) in [6.07, 6.45) is 8.05. The minimum Gasteiger partial charge on any atom is -0.494 e. The maximum atomic E-state index is 11.2. The summed E-state index contributed by atoms with van der Waals surface area (Å²) in [6, 6.07) is 11.3. The molecule has 2 aromatic rings. The molecule has 0 amide bonds. The van der Waals surface area contributed by atoms with Gasteiger partial charge in [-0.05, 0) is 76.4 Å². The Labute approximate surface area is 183 Å². The van der Waals surface area contributed by atoms with Gasteiger partial charge in [-0.3, -0.25) is 4.79 Å². The van der Waals surface area contributed by atoms with Gasteiger partial charge in [-0.15, -0.1) is 11.3 Å². The molecule has 158 valence electrons. The van der Waals surface area contributed by atoms with Crippen molar-refractivity contribution in [3.8, 4) is 5.75 Å². The molecule has 0 saturated heterocycles. The predicted octanol–water partition coefficient (Wildman–Crippen LogP) is 7.26. The van der Waals surface area contributed by atoms with Crippen LogP contribution >= 0.6 is 22.9 Å². The SMILES string of the molecule is CC(=O)CCC1(c2ccc(Cl)s2)CCCCC1.CCOc1ccc(C(C)=O)cc1. The Morgan fingerprint density at radius 3 is 2.17 bits per heavy atom. The second-order valence-corrected chi connectivity index (χ2v) is 9.38. The summed E-state index contributed by atoms with van der Waals surface area (Å²) in [5.74, 6) is 1.19. The highest BCUT2D eigenvalue weighted by atomic mass is 35.5. The summed E-state index contributed by atoms with van der Waals surface area (Å²) in [5.41, 5.74) is 0.959. The van der Waals surface area contributed by atoms with Gasteiger partial charge in [0.2, 0.25) is 0 Å². The van der Waals surface area contributed by atoms with E-state index in [1.165, 1.54) is 37.0 Å². The van der Waals surface area contributed by atoms with Crippen molar-refractivity contribution < 1.29 is 14.3 Å². The zero-order valence-corrected chi connectivity index (χ0v) is 19.2. The van der Waals surface area contributed by atoms with Gasteiger partial charge in [0.05, 0.1) is 10.9 Å². The van der Waals surface area contributed by atoms with Crippen molar-refractivity contribution >= 4 is 34.5 Å². The molecule has 0 atom stereocenters. The maximum absolute atomic E-state index is 11.2. The number of ether oxygens (including phenoxy) is 1. The monoisotopic (exact) mass is 434 g/mol. The second kappa shape index (κ2) is 11.5. The molecular weight excluding hydrogens is 404 g/mol. The summed E-state index contributed by atoms with van der Waals surface area (Å²) in [4.78, 5) is 23.5. The van der Waals surface area contributed by atoms with Crippen LogP contribution in [0.3, 0.4) is 0 Å². The largest absolute Gasteiger partial charge is 0.494 e. The molecule has 0 spiro atoms. The van der Waals surface area contributed by atoms with Crippen LogP contribution < -0.4 is 4.74 Å². The zero-order chi connectivity index (χ0) is 21.3. The third kappa shape index (κ3) is 7.27. The molecule has 1 heterocycles. The van der Waals surface area contributed by atoms with Crippen LogP contribution in [0.15, 0.2) is 36.4 Å². The Morgan fingerprint density at radius 2 is 1.69 bits per heavy atom. The van der Waals surface area contributed by atoms with E-state index in [1.807, 2.05) is 13.0 Å². The van der Waals surface area contributed by atoms with Gasteiger partial charge in [-0.2, -0.15) is 0 Å². The summed E-state index contributed by atoms with van der Waals surface area (Å²) < 4.78 is 6.10. The first-order valence-electron chi connectivity index (χ1n) is 10.4. The Hall–Kier alpha value is -1.65. The van der Waals surface area contributed by atoms with Gasteiger partial charge in [0, 0.05) is 22.3 Å². The summed E-state index contributed by atoms with van der Waals surface area (Å²) in [7, 11) is 0. The molecule has 0 aliphatic heterocycles. The Bertz CT molecular complexity index is 789. The molecule has 1 fully saturated rings. The first kappa shape index (κ1) is 23.6. The highest BCUT2D eigenvalue weighted by Gasteiger charge is 2.34. The smallest absolute Gasteiger partial charge is 0.159 e. The number of carbonyl (C=O) groups excluding carboxylic acids is 2. The number of hydrogen-bond acceptors (Lipinski definition) is 4. The lowest BCUT2D eigenvalue weighted by Crippen LogP contribution is -2.28. The molecule has 3 rings (SSSR count). The number of ketones is 2. The third-order valence-corrected chi connectivity index (χ3v) is 6.91. The van der Waals surface area contributed by atoms with E-state index < -0.39 is 0 Å². The zero-order valence-electron chi connectivity index (χ0n) is 17.6.